The summed E-state index contributed by atoms with van der Waals surface area (Å²) in [7, 11) is 0. The van der Waals surface area contributed by atoms with Gasteiger partial charge in [0.2, 0.25) is 0 Å². The van der Waals surface area contributed by atoms with Crippen molar-refractivity contribution >= 4 is 23.5 Å². The normalized spacial score (nSPS) is 12.5. The second kappa shape index (κ2) is 7.79. The van der Waals surface area contributed by atoms with Crippen LogP contribution in [0.4, 0.5) is 0 Å². The molecule has 1 aromatic rings. The zero-order valence-corrected chi connectivity index (χ0v) is 10.9. The van der Waals surface area contributed by atoms with Gasteiger partial charge in [-0.15, -0.1) is 0 Å². The van der Waals surface area contributed by atoms with Gasteiger partial charge in [0.05, 0.1) is 0 Å². The monoisotopic (exact) mass is 249 g/mol. The molecule has 0 radical (unpaired) electrons. The van der Waals surface area contributed by atoms with E-state index in [4.69, 9.17) is 18.0 Å². The highest BCUT2D eigenvalue weighted by Gasteiger charge is 2.07. The molecule has 3 N–H and O–H groups in total. The Balaban J connectivity index is 2.67. The predicted octanol–water partition coefficient (Wildman–Crippen LogP) is 2.78. The van der Waals surface area contributed by atoms with Crippen LogP contribution in [0.5, 0.6) is 0 Å². The highest BCUT2D eigenvalue weighted by Crippen LogP contribution is 2.19. The molecule has 0 amide bonds. The summed E-state index contributed by atoms with van der Waals surface area (Å²) in [6.45, 7) is 2.19. The lowest BCUT2D eigenvalue weighted by atomic mass is 9.95. The first kappa shape index (κ1) is 13.6. The summed E-state index contributed by atoms with van der Waals surface area (Å²) in [5.41, 5.74) is 9.20. The minimum Gasteiger partial charge on any atom is -0.375 e. The van der Waals surface area contributed by atoms with E-state index in [1.807, 2.05) is 24.4 Å². The standard InChI is InChI=1S/C13H19N3S/c1-2-3-7-12(10-15-16-13(14)17)11-8-5-4-6-9-11/h4-6,8-10,12H,2-3,7H2,1H3,(H3,14,16,17). The number of thiocarbonyl (C=S) groups is 1. The number of hydrogen-bond donors (Lipinski definition) is 2. The molecular weight excluding hydrogens is 230 g/mol. The van der Waals surface area contributed by atoms with Crippen LogP contribution < -0.4 is 11.2 Å². The lowest BCUT2D eigenvalue weighted by Crippen LogP contribution is -2.24. The maximum atomic E-state index is 5.32. The van der Waals surface area contributed by atoms with Crippen molar-refractivity contribution in [3.63, 3.8) is 0 Å². The Morgan fingerprint density at radius 3 is 2.76 bits per heavy atom. The van der Waals surface area contributed by atoms with Gasteiger partial charge in [0.25, 0.3) is 0 Å². The molecule has 92 valence electrons. The van der Waals surface area contributed by atoms with E-state index in [2.05, 4.69) is 29.6 Å². The van der Waals surface area contributed by atoms with Crippen LogP contribution in [0.1, 0.15) is 37.7 Å². The molecule has 1 atom stereocenters. The van der Waals surface area contributed by atoms with Gasteiger partial charge in [-0.25, -0.2) is 0 Å². The van der Waals surface area contributed by atoms with E-state index in [0.717, 1.165) is 6.42 Å². The number of nitrogens with two attached hydrogens (primary N) is 1. The molecule has 0 aliphatic heterocycles. The first-order valence-corrected chi connectivity index (χ1v) is 6.28. The highest BCUT2D eigenvalue weighted by molar-refractivity contribution is 7.80. The van der Waals surface area contributed by atoms with Gasteiger partial charge in [0.15, 0.2) is 5.11 Å². The van der Waals surface area contributed by atoms with Gasteiger partial charge in [-0.05, 0) is 24.2 Å². The van der Waals surface area contributed by atoms with Gasteiger partial charge in [-0.3, -0.25) is 5.43 Å². The van der Waals surface area contributed by atoms with E-state index >= 15 is 0 Å². The lowest BCUT2D eigenvalue weighted by molar-refractivity contribution is 0.687. The van der Waals surface area contributed by atoms with Crippen molar-refractivity contribution < 1.29 is 0 Å². The highest BCUT2D eigenvalue weighted by atomic mass is 32.1. The third-order valence-electron chi connectivity index (χ3n) is 2.53. The molecular formula is C13H19N3S. The van der Waals surface area contributed by atoms with E-state index in [0.29, 0.717) is 5.92 Å². The van der Waals surface area contributed by atoms with Crippen molar-refractivity contribution in [2.75, 3.05) is 0 Å². The smallest absolute Gasteiger partial charge is 0.184 e. The Bertz CT molecular complexity index is 362. The van der Waals surface area contributed by atoms with Gasteiger partial charge in [0.1, 0.15) is 0 Å². The number of hydrazone groups is 1. The van der Waals surface area contributed by atoms with Crippen molar-refractivity contribution in [1.29, 1.82) is 0 Å². The Kier molecular flexibility index (Phi) is 6.25. The number of benzene rings is 1. The third kappa shape index (κ3) is 5.45. The fourth-order valence-electron chi connectivity index (χ4n) is 1.64. The largest absolute Gasteiger partial charge is 0.375 e. The molecule has 0 aliphatic carbocycles. The summed E-state index contributed by atoms with van der Waals surface area (Å²) in [6.07, 6.45) is 5.33. The second-order valence-electron chi connectivity index (χ2n) is 3.91. The van der Waals surface area contributed by atoms with Crippen molar-refractivity contribution in [2.24, 2.45) is 10.8 Å². The van der Waals surface area contributed by atoms with Crippen molar-refractivity contribution in [2.45, 2.75) is 32.1 Å². The molecule has 0 heterocycles. The summed E-state index contributed by atoms with van der Waals surface area (Å²) in [4.78, 5) is 0. The molecule has 1 aromatic carbocycles. The summed E-state index contributed by atoms with van der Waals surface area (Å²) in [5.74, 6) is 0.318. The van der Waals surface area contributed by atoms with Crippen LogP contribution >= 0.6 is 12.2 Å². The average Bonchev–Trinajstić information content (AvgIpc) is 2.34. The minimum atomic E-state index is 0.198. The van der Waals surface area contributed by atoms with Crippen molar-refractivity contribution in [1.82, 2.24) is 5.43 Å². The van der Waals surface area contributed by atoms with E-state index in [1.54, 1.807) is 0 Å². The maximum absolute atomic E-state index is 5.32. The van der Waals surface area contributed by atoms with Crippen LogP contribution in [0.3, 0.4) is 0 Å². The molecule has 0 aliphatic rings. The van der Waals surface area contributed by atoms with Crippen LogP contribution in [0, 0.1) is 0 Å². The number of hydrogen-bond acceptors (Lipinski definition) is 2. The fraction of sp³-hybridized carbons (Fsp3) is 0.385. The molecule has 0 fully saturated rings. The van der Waals surface area contributed by atoms with E-state index in [-0.39, 0.29) is 5.11 Å². The zero-order chi connectivity index (χ0) is 12.5. The first-order chi connectivity index (χ1) is 8.24. The van der Waals surface area contributed by atoms with Crippen LogP contribution in [0.25, 0.3) is 0 Å². The van der Waals surface area contributed by atoms with Crippen LogP contribution in [-0.4, -0.2) is 11.3 Å². The fourth-order valence-corrected chi connectivity index (χ4v) is 1.70. The number of rotatable bonds is 6. The summed E-state index contributed by atoms with van der Waals surface area (Å²) >= 11 is 4.70. The average molecular weight is 249 g/mol. The number of unbranched alkanes of at least 4 members (excludes halogenated alkanes) is 1. The van der Waals surface area contributed by atoms with Crippen molar-refractivity contribution in [3.05, 3.63) is 35.9 Å². The predicted molar refractivity (Wildman–Crippen MR) is 77.1 cm³/mol. The maximum Gasteiger partial charge on any atom is 0.184 e. The third-order valence-corrected chi connectivity index (χ3v) is 2.62. The SMILES string of the molecule is CCCCC(C=NNC(N)=S)c1ccccc1. The van der Waals surface area contributed by atoms with Crippen LogP contribution in [0.2, 0.25) is 0 Å². The molecule has 4 heteroatoms. The lowest BCUT2D eigenvalue weighted by Gasteiger charge is -2.11. The number of nitrogens with zero attached hydrogens (tertiary/aromatic N) is 1. The Morgan fingerprint density at radius 1 is 1.47 bits per heavy atom. The topological polar surface area (TPSA) is 50.4 Å². The van der Waals surface area contributed by atoms with Gasteiger partial charge >= 0.3 is 0 Å². The van der Waals surface area contributed by atoms with Crippen LogP contribution in [-0.2, 0) is 0 Å². The molecule has 0 saturated carbocycles. The quantitative estimate of drug-likeness (QED) is 0.463. The summed E-state index contributed by atoms with van der Waals surface area (Å²) < 4.78 is 0. The van der Waals surface area contributed by atoms with Gasteiger partial charge in [-0.1, -0.05) is 50.1 Å². The Morgan fingerprint density at radius 2 is 2.18 bits per heavy atom. The molecule has 0 spiro atoms. The first-order valence-electron chi connectivity index (χ1n) is 5.87. The van der Waals surface area contributed by atoms with Gasteiger partial charge < -0.3 is 5.73 Å². The van der Waals surface area contributed by atoms with Gasteiger partial charge in [-0.2, -0.15) is 5.10 Å². The van der Waals surface area contributed by atoms with Gasteiger partial charge in [0, 0.05) is 12.1 Å². The molecule has 3 nitrogen and oxygen atoms in total. The van der Waals surface area contributed by atoms with E-state index in [9.17, 15) is 0 Å². The van der Waals surface area contributed by atoms with Crippen molar-refractivity contribution in [3.8, 4) is 0 Å². The Hall–Kier alpha value is -1.42. The molecule has 0 bridgehead atoms. The zero-order valence-electron chi connectivity index (χ0n) is 10.1. The molecule has 17 heavy (non-hydrogen) atoms. The minimum absolute atomic E-state index is 0.198. The van der Waals surface area contributed by atoms with E-state index < -0.39 is 0 Å². The molecule has 0 saturated heterocycles. The summed E-state index contributed by atoms with van der Waals surface area (Å²) in [5, 5.41) is 4.26. The van der Waals surface area contributed by atoms with E-state index in [1.165, 1.54) is 18.4 Å². The second-order valence-corrected chi connectivity index (χ2v) is 4.35. The number of nitrogens with one attached hydrogen (secondary N) is 1. The molecule has 0 aromatic heterocycles. The summed E-state index contributed by atoms with van der Waals surface area (Å²) in [6, 6.07) is 10.3. The molecule has 1 rings (SSSR count). The molecule has 1 unspecified atom stereocenters. The van der Waals surface area contributed by atoms with Crippen LogP contribution in [0.15, 0.2) is 35.4 Å². The Labute approximate surface area is 108 Å².